The van der Waals surface area contributed by atoms with E-state index in [2.05, 4.69) is 9.47 Å². The number of ether oxygens (including phenoxy) is 2. The van der Waals surface area contributed by atoms with Crippen LogP contribution in [-0.4, -0.2) is 44.7 Å². The quantitative estimate of drug-likeness (QED) is 0.473. The first kappa shape index (κ1) is 10.6. The maximum Gasteiger partial charge on any atom is 0.508 e. The molecule has 0 unspecified atom stereocenters. The minimum Gasteiger partial charge on any atom is -0.438 e. The molecule has 0 bridgehead atoms. The molecule has 0 saturated carbocycles. The van der Waals surface area contributed by atoms with Crippen LogP contribution in [0, 0.1) is 0 Å². The van der Waals surface area contributed by atoms with E-state index in [-0.39, 0.29) is 11.5 Å². The molecule has 0 aromatic carbocycles. The average molecular weight is 229 g/mol. The van der Waals surface area contributed by atoms with Crippen LogP contribution in [-0.2, 0) is 19.3 Å². The second-order valence-corrected chi connectivity index (χ2v) is 5.42. The second-order valence-electron chi connectivity index (χ2n) is 2.70. The lowest BCUT2D eigenvalue weighted by Gasteiger charge is -2.11. The molecule has 1 saturated heterocycles. The van der Waals surface area contributed by atoms with Gasteiger partial charge in [0, 0.05) is 0 Å². The minimum atomic E-state index is -3.16. The van der Waals surface area contributed by atoms with Gasteiger partial charge < -0.3 is 9.47 Å². The van der Waals surface area contributed by atoms with E-state index in [4.69, 9.17) is 11.6 Å². The molecule has 0 aromatic rings. The number of hydrogen-bond donors (Lipinski definition) is 0. The van der Waals surface area contributed by atoms with Crippen molar-refractivity contribution in [2.24, 2.45) is 0 Å². The molecule has 5 nitrogen and oxygen atoms in total. The molecular weight excluding hydrogens is 220 g/mol. The topological polar surface area (TPSA) is 69.7 Å². The molecule has 0 amide bonds. The Bertz CT molecular complexity index is 298. The number of methoxy groups -OCH3 is 1. The Morgan fingerprint density at radius 2 is 2.08 bits per heavy atom. The molecular formula is C6H9ClO5S. The number of sulfone groups is 1. The third-order valence-corrected chi connectivity index (χ3v) is 3.97. The van der Waals surface area contributed by atoms with Gasteiger partial charge in [0.25, 0.3) is 0 Å². The van der Waals surface area contributed by atoms with E-state index >= 15 is 0 Å². The molecule has 1 aliphatic heterocycles. The average Bonchev–Trinajstić information content (AvgIpc) is 2.24. The number of carbonyl (C=O) groups is 1. The predicted molar refractivity (Wildman–Crippen MR) is 45.6 cm³/mol. The number of rotatable bonds is 1. The monoisotopic (exact) mass is 228 g/mol. The van der Waals surface area contributed by atoms with Crippen molar-refractivity contribution >= 4 is 27.6 Å². The zero-order valence-electron chi connectivity index (χ0n) is 6.90. The number of hydrogen-bond acceptors (Lipinski definition) is 5. The molecule has 13 heavy (non-hydrogen) atoms. The third kappa shape index (κ3) is 2.73. The molecule has 1 aliphatic rings. The summed E-state index contributed by atoms with van der Waals surface area (Å²) in [5.41, 5.74) is 0. The van der Waals surface area contributed by atoms with Gasteiger partial charge in [-0.25, -0.2) is 13.2 Å². The van der Waals surface area contributed by atoms with Crippen LogP contribution in [0.5, 0.6) is 0 Å². The van der Waals surface area contributed by atoms with Crippen molar-refractivity contribution < 1.29 is 22.7 Å². The fourth-order valence-corrected chi connectivity index (χ4v) is 3.51. The summed E-state index contributed by atoms with van der Waals surface area (Å²) in [5, 5.41) is -0.677. The van der Waals surface area contributed by atoms with Crippen LogP contribution in [0.25, 0.3) is 0 Å². The lowest BCUT2D eigenvalue weighted by molar-refractivity contribution is 0.0469. The molecule has 2 atom stereocenters. The lowest BCUT2D eigenvalue weighted by atomic mass is 10.3. The Balaban J connectivity index is 2.59. The highest BCUT2D eigenvalue weighted by Crippen LogP contribution is 2.21. The Hall–Kier alpha value is -0.490. The van der Waals surface area contributed by atoms with Crippen molar-refractivity contribution in [1.29, 1.82) is 0 Å². The second kappa shape index (κ2) is 3.71. The number of carbonyl (C=O) groups excluding carboxylic acids is 1. The Morgan fingerprint density at radius 3 is 2.46 bits per heavy atom. The van der Waals surface area contributed by atoms with E-state index < -0.39 is 27.5 Å². The zero-order valence-corrected chi connectivity index (χ0v) is 8.47. The summed E-state index contributed by atoms with van der Waals surface area (Å²) < 4.78 is 30.9. The van der Waals surface area contributed by atoms with Crippen LogP contribution in [0.15, 0.2) is 0 Å². The van der Waals surface area contributed by atoms with E-state index in [0.29, 0.717) is 0 Å². The summed E-state index contributed by atoms with van der Waals surface area (Å²) in [5.74, 6) is -0.382. The molecule has 1 fully saturated rings. The van der Waals surface area contributed by atoms with E-state index in [9.17, 15) is 13.2 Å². The summed E-state index contributed by atoms with van der Waals surface area (Å²) in [7, 11) is -2.02. The first-order valence-corrected chi connectivity index (χ1v) is 5.79. The molecule has 0 radical (unpaired) electrons. The highest BCUT2D eigenvalue weighted by atomic mass is 35.5. The molecule has 0 aromatic heterocycles. The van der Waals surface area contributed by atoms with Gasteiger partial charge in [-0.05, 0) is 0 Å². The highest BCUT2D eigenvalue weighted by molar-refractivity contribution is 7.91. The summed E-state index contributed by atoms with van der Waals surface area (Å²) >= 11 is 5.65. The maximum absolute atomic E-state index is 11.0. The Morgan fingerprint density at radius 1 is 1.46 bits per heavy atom. The molecule has 76 valence electrons. The van der Waals surface area contributed by atoms with Gasteiger partial charge in [-0.1, -0.05) is 0 Å². The maximum atomic E-state index is 11.0. The van der Waals surface area contributed by atoms with Gasteiger partial charge in [0.1, 0.15) is 6.10 Å². The van der Waals surface area contributed by atoms with Crippen molar-refractivity contribution in [3.05, 3.63) is 0 Å². The lowest BCUT2D eigenvalue weighted by Crippen LogP contribution is -2.26. The summed E-state index contributed by atoms with van der Waals surface area (Å²) in [6.07, 6.45) is -1.70. The number of halogens is 1. The third-order valence-electron chi connectivity index (χ3n) is 1.65. The molecule has 0 spiro atoms. The van der Waals surface area contributed by atoms with Gasteiger partial charge in [0.15, 0.2) is 9.84 Å². The van der Waals surface area contributed by atoms with Crippen molar-refractivity contribution in [3.8, 4) is 0 Å². The highest BCUT2D eigenvalue weighted by Gasteiger charge is 2.39. The standard InChI is InChI=1S/C6H9ClO5S/c1-11-6(8)12-5-3-13(9,10)2-4(5)7/h4-5H,2-3H2,1H3/t4-,5+/m0/s1. The predicted octanol–water partition coefficient (Wildman–Crippen LogP) is 0.174. The van der Waals surface area contributed by atoms with Crippen LogP contribution in [0.4, 0.5) is 4.79 Å². The molecule has 1 heterocycles. The van der Waals surface area contributed by atoms with Crippen LogP contribution in [0.1, 0.15) is 0 Å². The Kier molecular flexibility index (Phi) is 3.02. The Labute approximate surface area is 80.9 Å². The fourth-order valence-electron chi connectivity index (χ4n) is 1.05. The van der Waals surface area contributed by atoms with E-state index in [0.717, 1.165) is 7.11 Å². The van der Waals surface area contributed by atoms with Gasteiger partial charge in [0.2, 0.25) is 0 Å². The van der Waals surface area contributed by atoms with E-state index in [1.165, 1.54) is 0 Å². The van der Waals surface area contributed by atoms with Gasteiger partial charge in [-0.2, -0.15) is 0 Å². The number of alkyl halides is 1. The first-order valence-electron chi connectivity index (χ1n) is 3.54. The molecule has 1 rings (SSSR count). The van der Waals surface area contributed by atoms with Crippen LogP contribution in [0.3, 0.4) is 0 Å². The van der Waals surface area contributed by atoms with Gasteiger partial charge in [-0.15, -0.1) is 11.6 Å². The molecule has 0 N–H and O–H groups in total. The fraction of sp³-hybridized carbons (Fsp3) is 0.833. The van der Waals surface area contributed by atoms with Gasteiger partial charge >= 0.3 is 6.16 Å². The zero-order chi connectivity index (χ0) is 10.1. The summed E-state index contributed by atoms with van der Waals surface area (Å²) in [6.45, 7) is 0. The van der Waals surface area contributed by atoms with Crippen LogP contribution >= 0.6 is 11.6 Å². The SMILES string of the molecule is COC(=O)O[C@@H]1CS(=O)(=O)C[C@@H]1Cl. The van der Waals surface area contributed by atoms with Crippen molar-refractivity contribution in [2.75, 3.05) is 18.6 Å². The normalized spacial score (nSPS) is 31.2. The smallest absolute Gasteiger partial charge is 0.438 e. The van der Waals surface area contributed by atoms with Crippen molar-refractivity contribution in [1.82, 2.24) is 0 Å². The van der Waals surface area contributed by atoms with Crippen molar-refractivity contribution in [3.63, 3.8) is 0 Å². The van der Waals surface area contributed by atoms with Crippen LogP contribution in [0.2, 0.25) is 0 Å². The first-order chi connectivity index (χ1) is 5.94. The van der Waals surface area contributed by atoms with E-state index in [1.807, 2.05) is 0 Å². The minimum absolute atomic E-state index is 0.157. The molecule has 0 aliphatic carbocycles. The van der Waals surface area contributed by atoms with Crippen LogP contribution < -0.4 is 0 Å². The largest absolute Gasteiger partial charge is 0.508 e. The van der Waals surface area contributed by atoms with Gasteiger partial charge in [-0.3, -0.25) is 0 Å². The van der Waals surface area contributed by atoms with Gasteiger partial charge in [0.05, 0.1) is 24.0 Å². The molecule has 7 heteroatoms. The summed E-state index contributed by atoms with van der Waals surface area (Å²) in [6, 6.07) is 0. The van der Waals surface area contributed by atoms with Crippen molar-refractivity contribution in [2.45, 2.75) is 11.5 Å². The van der Waals surface area contributed by atoms with E-state index in [1.54, 1.807) is 0 Å². The summed E-state index contributed by atoms with van der Waals surface area (Å²) in [4.78, 5) is 10.6.